The van der Waals surface area contributed by atoms with Crippen molar-refractivity contribution < 1.29 is 37.6 Å². The number of allylic oxidation sites excluding steroid dienone is 11. The summed E-state index contributed by atoms with van der Waals surface area (Å²) >= 11 is 0. The molecular formula is C40H67O8P. The fourth-order valence-corrected chi connectivity index (χ4v) is 5.07. The van der Waals surface area contributed by atoms with Gasteiger partial charge in [0.05, 0.1) is 13.0 Å². The van der Waals surface area contributed by atoms with Gasteiger partial charge in [-0.15, -0.1) is 0 Å². The summed E-state index contributed by atoms with van der Waals surface area (Å²) in [4.78, 5) is 34.2. The van der Waals surface area contributed by atoms with Gasteiger partial charge in [0, 0.05) is 13.5 Å². The molecule has 0 aliphatic heterocycles. The maximum absolute atomic E-state index is 12.4. The number of hydrogen-bond acceptors (Lipinski definition) is 7. The summed E-state index contributed by atoms with van der Waals surface area (Å²) in [6.45, 7) is 3.65. The summed E-state index contributed by atoms with van der Waals surface area (Å²) in [6, 6.07) is 0. The van der Waals surface area contributed by atoms with E-state index in [-0.39, 0.29) is 19.4 Å². The van der Waals surface area contributed by atoms with Gasteiger partial charge in [-0.25, -0.2) is 4.57 Å². The molecular weight excluding hydrogens is 639 g/mol. The van der Waals surface area contributed by atoms with E-state index in [1.165, 1.54) is 44.9 Å². The Morgan fingerprint density at radius 1 is 0.612 bits per heavy atom. The van der Waals surface area contributed by atoms with Gasteiger partial charge < -0.3 is 14.4 Å². The van der Waals surface area contributed by atoms with E-state index in [4.69, 9.17) is 14.0 Å². The SMILES string of the molecule is CC/C=C\C/C=C\C/C=C\C/C=C\C/C=C\CC(=O)OC(COC(=O)CCCCCCC/C=C\CCCCCCCC)COP(=O)(O)OC. The molecule has 2 atom stereocenters. The average molecular weight is 707 g/mol. The van der Waals surface area contributed by atoms with Crippen molar-refractivity contribution in [2.45, 2.75) is 148 Å². The van der Waals surface area contributed by atoms with Gasteiger partial charge in [0.2, 0.25) is 0 Å². The Bertz CT molecular complexity index is 1030. The first-order chi connectivity index (χ1) is 23.8. The van der Waals surface area contributed by atoms with E-state index >= 15 is 0 Å². The minimum atomic E-state index is -4.29. The Hall–Kier alpha value is -2.51. The lowest BCUT2D eigenvalue weighted by Gasteiger charge is -2.19. The van der Waals surface area contributed by atoms with E-state index in [1.807, 2.05) is 12.2 Å². The second-order valence-electron chi connectivity index (χ2n) is 12.0. The molecule has 0 radical (unpaired) electrons. The van der Waals surface area contributed by atoms with E-state index in [9.17, 15) is 19.0 Å². The van der Waals surface area contributed by atoms with Gasteiger partial charge in [-0.3, -0.25) is 18.6 Å². The second-order valence-corrected chi connectivity index (χ2v) is 13.5. The molecule has 49 heavy (non-hydrogen) atoms. The van der Waals surface area contributed by atoms with Crippen LogP contribution >= 0.6 is 7.82 Å². The number of hydrogen-bond donors (Lipinski definition) is 1. The molecule has 0 heterocycles. The first-order valence-electron chi connectivity index (χ1n) is 18.6. The van der Waals surface area contributed by atoms with Crippen molar-refractivity contribution in [1.29, 1.82) is 0 Å². The van der Waals surface area contributed by atoms with Gasteiger partial charge in [0.25, 0.3) is 0 Å². The molecule has 9 heteroatoms. The summed E-state index contributed by atoms with van der Waals surface area (Å²) in [5.41, 5.74) is 0. The van der Waals surface area contributed by atoms with Crippen molar-refractivity contribution in [3.05, 3.63) is 72.9 Å². The molecule has 0 aromatic heterocycles. The third-order valence-corrected chi connectivity index (χ3v) is 8.40. The molecule has 0 saturated carbocycles. The minimum absolute atomic E-state index is 0.00789. The highest BCUT2D eigenvalue weighted by atomic mass is 31.2. The lowest BCUT2D eigenvalue weighted by atomic mass is 10.1. The standard InChI is InChI=1S/C40H67O8P/c1-4-6-8-10-12-14-16-18-20-22-24-26-28-30-32-34-39(41)46-36-38(37-47-49(43,44)45-3)48-40(42)35-33-31-29-27-25-23-21-19-17-15-13-11-9-7-5-2/h7,9,13,15,18-21,25,27,31,33,38H,4-6,8,10-12,14,16-17,22-24,26,28-30,32,34-37H2,1-3H3,(H,43,44)/b9-7-,15-13-,20-18-,21-19-,27-25-,33-31-. The molecule has 0 rings (SSSR count). The van der Waals surface area contributed by atoms with Crippen LogP contribution in [0.2, 0.25) is 0 Å². The molecule has 0 fully saturated rings. The van der Waals surface area contributed by atoms with Crippen molar-refractivity contribution in [2.75, 3.05) is 20.3 Å². The van der Waals surface area contributed by atoms with Crippen LogP contribution in [0.3, 0.4) is 0 Å². The van der Waals surface area contributed by atoms with Gasteiger partial charge in [-0.1, -0.05) is 138 Å². The summed E-state index contributed by atoms with van der Waals surface area (Å²) in [5.74, 6) is -0.969. The number of esters is 2. The fourth-order valence-electron chi connectivity index (χ4n) is 4.61. The van der Waals surface area contributed by atoms with Crippen LogP contribution in [0.5, 0.6) is 0 Å². The normalized spacial score (nSPS) is 14.3. The Morgan fingerprint density at radius 3 is 1.63 bits per heavy atom. The topological polar surface area (TPSA) is 108 Å². The molecule has 8 nitrogen and oxygen atoms in total. The lowest BCUT2D eigenvalue weighted by molar-refractivity contribution is -0.160. The van der Waals surface area contributed by atoms with Gasteiger partial charge in [0.15, 0.2) is 6.10 Å². The minimum Gasteiger partial charge on any atom is -0.462 e. The molecule has 0 aliphatic carbocycles. The summed E-state index contributed by atoms with van der Waals surface area (Å²) in [7, 11) is -3.25. The number of phosphoric ester groups is 1. The number of phosphoric acid groups is 1. The van der Waals surface area contributed by atoms with E-state index in [0.717, 1.165) is 64.9 Å². The van der Waals surface area contributed by atoms with Gasteiger partial charge in [-0.2, -0.15) is 0 Å². The van der Waals surface area contributed by atoms with Gasteiger partial charge in [-0.05, 0) is 64.2 Å². The molecule has 2 unspecified atom stereocenters. The zero-order chi connectivity index (χ0) is 36.1. The van der Waals surface area contributed by atoms with E-state index in [2.05, 4.69) is 73.1 Å². The zero-order valence-corrected chi connectivity index (χ0v) is 31.7. The van der Waals surface area contributed by atoms with Crippen molar-refractivity contribution >= 4 is 19.8 Å². The highest BCUT2D eigenvalue weighted by Gasteiger charge is 2.24. The number of rotatable bonds is 33. The largest absolute Gasteiger partial charge is 0.472 e. The quantitative estimate of drug-likeness (QED) is 0.0311. The van der Waals surface area contributed by atoms with Crippen LogP contribution < -0.4 is 0 Å². The van der Waals surface area contributed by atoms with Crippen LogP contribution in [0.15, 0.2) is 72.9 Å². The van der Waals surface area contributed by atoms with Crippen LogP contribution in [0, 0.1) is 0 Å². The number of ether oxygens (including phenoxy) is 2. The van der Waals surface area contributed by atoms with Crippen LogP contribution in [0.25, 0.3) is 0 Å². The van der Waals surface area contributed by atoms with E-state index < -0.39 is 32.5 Å². The van der Waals surface area contributed by atoms with Crippen LogP contribution in [-0.4, -0.2) is 43.3 Å². The van der Waals surface area contributed by atoms with Crippen molar-refractivity contribution in [1.82, 2.24) is 0 Å². The van der Waals surface area contributed by atoms with Crippen LogP contribution in [0.1, 0.15) is 142 Å². The monoisotopic (exact) mass is 706 g/mol. The first kappa shape index (κ1) is 46.5. The number of carbonyl (C=O) groups excluding carboxylic acids is 2. The predicted octanol–water partition coefficient (Wildman–Crippen LogP) is 11.4. The molecule has 0 aromatic carbocycles. The Labute approximate surface area is 298 Å². The summed E-state index contributed by atoms with van der Waals surface area (Å²) in [6.07, 6.45) is 44.1. The third kappa shape index (κ3) is 35.1. The fraction of sp³-hybridized carbons (Fsp3) is 0.650. The van der Waals surface area contributed by atoms with Crippen molar-refractivity contribution in [3.8, 4) is 0 Å². The maximum Gasteiger partial charge on any atom is 0.472 e. The lowest BCUT2D eigenvalue weighted by Crippen LogP contribution is -2.29. The Morgan fingerprint density at radius 2 is 1.10 bits per heavy atom. The first-order valence-corrected chi connectivity index (χ1v) is 20.1. The number of unbranched alkanes of at least 4 members (excludes halogenated alkanes) is 11. The predicted molar refractivity (Wildman–Crippen MR) is 202 cm³/mol. The molecule has 0 aliphatic rings. The molecule has 0 amide bonds. The molecule has 1 N–H and O–H groups in total. The summed E-state index contributed by atoms with van der Waals surface area (Å²) in [5, 5.41) is 0. The highest BCUT2D eigenvalue weighted by molar-refractivity contribution is 7.47. The van der Waals surface area contributed by atoms with E-state index in [0.29, 0.717) is 12.8 Å². The Balaban J connectivity index is 4.24. The number of carbonyl (C=O) groups is 2. The van der Waals surface area contributed by atoms with Crippen molar-refractivity contribution in [2.24, 2.45) is 0 Å². The van der Waals surface area contributed by atoms with Gasteiger partial charge >= 0.3 is 19.8 Å². The second kappa shape index (κ2) is 35.3. The van der Waals surface area contributed by atoms with E-state index in [1.54, 1.807) is 6.08 Å². The van der Waals surface area contributed by atoms with Crippen molar-refractivity contribution in [3.63, 3.8) is 0 Å². The average Bonchev–Trinajstić information content (AvgIpc) is 3.09. The summed E-state index contributed by atoms with van der Waals surface area (Å²) < 4.78 is 31.7. The Kier molecular flexibility index (Phi) is 33.5. The molecule has 0 spiro atoms. The molecule has 0 bridgehead atoms. The molecule has 0 saturated heterocycles. The van der Waals surface area contributed by atoms with Crippen LogP contribution in [0.4, 0.5) is 0 Å². The molecule has 280 valence electrons. The maximum atomic E-state index is 12.4. The highest BCUT2D eigenvalue weighted by Crippen LogP contribution is 2.42. The molecule has 0 aromatic rings. The third-order valence-electron chi connectivity index (χ3n) is 7.47. The zero-order valence-electron chi connectivity index (χ0n) is 30.8. The van der Waals surface area contributed by atoms with Crippen LogP contribution in [-0.2, 0) is 32.7 Å². The smallest absolute Gasteiger partial charge is 0.462 e. The van der Waals surface area contributed by atoms with Gasteiger partial charge in [0.1, 0.15) is 6.61 Å².